The topological polar surface area (TPSA) is 67.8 Å². The zero-order valence-corrected chi connectivity index (χ0v) is 6.89. The van der Waals surface area contributed by atoms with Crippen LogP contribution in [0, 0.1) is 0 Å². The molecule has 0 aliphatic carbocycles. The molecule has 0 aliphatic heterocycles. The van der Waals surface area contributed by atoms with Crippen LogP contribution in [0.3, 0.4) is 0 Å². The lowest BCUT2D eigenvalue weighted by Crippen LogP contribution is -2.05. The van der Waals surface area contributed by atoms with Crippen molar-refractivity contribution < 1.29 is 4.79 Å². The van der Waals surface area contributed by atoms with Gasteiger partial charge in [0.05, 0.1) is 0 Å². The Bertz CT molecular complexity index is 222. The van der Waals surface area contributed by atoms with Crippen molar-refractivity contribution in [1.82, 2.24) is 14.8 Å². The van der Waals surface area contributed by atoms with E-state index in [0.717, 1.165) is 0 Å². The number of hydrogen-bond acceptors (Lipinski definition) is 6. The van der Waals surface area contributed by atoms with Gasteiger partial charge in [0.2, 0.25) is 5.13 Å². The Morgan fingerprint density at radius 3 is 3.09 bits per heavy atom. The smallest absolute Gasteiger partial charge is 0.225 e. The van der Waals surface area contributed by atoms with E-state index in [4.69, 9.17) is 0 Å². The molecule has 5 nitrogen and oxygen atoms in total. The number of nitrogens with one attached hydrogen (secondary N) is 1. The second-order valence-electron chi connectivity index (χ2n) is 2.05. The van der Waals surface area contributed by atoms with Gasteiger partial charge in [0.15, 0.2) is 0 Å². The van der Waals surface area contributed by atoms with E-state index in [1.54, 1.807) is 6.92 Å². The molecule has 1 N–H and O–H groups in total. The first kappa shape index (κ1) is 8.06. The molecule has 0 aliphatic rings. The molecule has 0 atom stereocenters. The van der Waals surface area contributed by atoms with Gasteiger partial charge in [-0.2, -0.15) is 0 Å². The third-order valence-electron chi connectivity index (χ3n) is 1.05. The van der Waals surface area contributed by atoms with Crippen LogP contribution in [0.15, 0.2) is 0 Å². The van der Waals surface area contributed by atoms with Crippen LogP contribution in [0.4, 0.5) is 5.13 Å². The predicted octanol–water partition coefficient (Wildman–Crippen LogP) is 0.324. The van der Waals surface area contributed by atoms with Gasteiger partial charge < -0.3 is 5.32 Å². The highest BCUT2D eigenvalue weighted by Gasteiger charge is 1.96. The number of ketones is 1. The van der Waals surface area contributed by atoms with E-state index in [1.165, 1.54) is 11.5 Å². The summed E-state index contributed by atoms with van der Waals surface area (Å²) in [6, 6.07) is 0. The van der Waals surface area contributed by atoms with Gasteiger partial charge in [0.25, 0.3) is 0 Å². The molecule has 0 saturated carbocycles. The maximum Gasteiger partial charge on any atom is 0.225 e. The summed E-state index contributed by atoms with van der Waals surface area (Å²) in [7, 11) is 0. The minimum Gasteiger partial charge on any atom is -0.358 e. The highest BCUT2D eigenvalue weighted by atomic mass is 32.1. The minimum atomic E-state index is 0.162. The van der Waals surface area contributed by atoms with Gasteiger partial charge in [-0.05, 0) is 12.1 Å². The van der Waals surface area contributed by atoms with E-state index in [2.05, 4.69) is 20.1 Å². The number of carbonyl (C=O) groups excluding carboxylic acids is 1. The lowest BCUT2D eigenvalue weighted by atomic mass is 10.3. The van der Waals surface area contributed by atoms with Gasteiger partial charge in [-0.25, -0.2) is 0 Å². The fraction of sp³-hybridized carbons (Fsp3) is 0.600. The van der Waals surface area contributed by atoms with Crippen molar-refractivity contribution in [1.29, 1.82) is 0 Å². The summed E-state index contributed by atoms with van der Waals surface area (Å²) < 4.78 is 3.55. The number of Topliss-reactive ketones (excluding diaryl/α,β-unsaturated/α-hetero) is 1. The molecule has 11 heavy (non-hydrogen) atoms. The molecule has 0 bridgehead atoms. The van der Waals surface area contributed by atoms with Crippen LogP contribution >= 0.6 is 11.5 Å². The summed E-state index contributed by atoms with van der Waals surface area (Å²) in [6.45, 7) is 2.16. The molecule has 1 heterocycles. The average molecular weight is 172 g/mol. The van der Waals surface area contributed by atoms with Crippen molar-refractivity contribution in [2.24, 2.45) is 0 Å². The van der Waals surface area contributed by atoms with E-state index < -0.39 is 0 Å². The normalized spacial score (nSPS) is 9.55. The summed E-state index contributed by atoms with van der Waals surface area (Å²) in [5.74, 6) is 0.162. The van der Waals surface area contributed by atoms with Gasteiger partial charge in [0, 0.05) is 24.5 Å². The first-order chi connectivity index (χ1) is 5.29. The SMILES string of the molecule is CC(=O)CCNc1nnns1. The zero-order chi connectivity index (χ0) is 8.10. The second-order valence-corrected chi connectivity index (χ2v) is 2.78. The van der Waals surface area contributed by atoms with Gasteiger partial charge >= 0.3 is 0 Å². The maximum atomic E-state index is 10.5. The molecule has 60 valence electrons. The quantitative estimate of drug-likeness (QED) is 0.708. The molecular weight excluding hydrogens is 164 g/mol. The number of hydrogen-bond donors (Lipinski definition) is 1. The molecule has 0 amide bonds. The molecule has 0 radical (unpaired) electrons. The van der Waals surface area contributed by atoms with E-state index in [1.807, 2.05) is 0 Å². The van der Waals surface area contributed by atoms with Crippen molar-refractivity contribution >= 4 is 22.4 Å². The van der Waals surface area contributed by atoms with E-state index in [-0.39, 0.29) is 5.78 Å². The largest absolute Gasteiger partial charge is 0.358 e. The standard InChI is InChI=1S/C5H8N4OS/c1-4(10)2-3-6-5-7-8-9-11-5/h2-3H2,1H3,(H,6,7,9). The highest BCUT2D eigenvalue weighted by Crippen LogP contribution is 2.03. The average Bonchev–Trinajstić information content (AvgIpc) is 2.39. The van der Waals surface area contributed by atoms with Gasteiger partial charge in [-0.3, -0.25) is 4.79 Å². The number of aromatic nitrogens is 3. The lowest BCUT2D eigenvalue weighted by Gasteiger charge is -1.96. The molecule has 0 aromatic carbocycles. The van der Waals surface area contributed by atoms with Crippen LogP contribution in [0.2, 0.25) is 0 Å². The summed E-state index contributed by atoms with van der Waals surface area (Å²) in [6.07, 6.45) is 0.513. The van der Waals surface area contributed by atoms with Crippen LogP contribution in [0.1, 0.15) is 13.3 Å². The zero-order valence-electron chi connectivity index (χ0n) is 6.07. The Hall–Kier alpha value is -1.04. The monoisotopic (exact) mass is 172 g/mol. The van der Waals surface area contributed by atoms with Gasteiger partial charge in [0.1, 0.15) is 5.78 Å². The van der Waals surface area contributed by atoms with Crippen LogP contribution in [-0.2, 0) is 4.79 Å². The van der Waals surface area contributed by atoms with E-state index in [9.17, 15) is 4.79 Å². The first-order valence-corrected chi connectivity index (χ1v) is 3.94. The molecule has 1 aromatic heterocycles. The van der Waals surface area contributed by atoms with Crippen LogP contribution < -0.4 is 5.32 Å². The molecule has 0 fully saturated rings. The molecule has 1 aromatic rings. The summed E-state index contributed by atoms with van der Waals surface area (Å²) in [5.41, 5.74) is 0. The molecule has 0 spiro atoms. The Kier molecular flexibility index (Phi) is 2.91. The van der Waals surface area contributed by atoms with Gasteiger partial charge in [-0.1, -0.05) is 9.59 Å². The Labute approximate surface area is 68.0 Å². The van der Waals surface area contributed by atoms with Crippen molar-refractivity contribution in [2.45, 2.75) is 13.3 Å². The lowest BCUT2D eigenvalue weighted by molar-refractivity contribution is -0.116. The van der Waals surface area contributed by atoms with Crippen molar-refractivity contribution in [3.63, 3.8) is 0 Å². The van der Waals surface area contributed by atoms with E-state index in [0.29, 0.717) is 18.1 Å². The van der Waals surface area contributed by atoms with Crippen molar-refractivity contribution in [2.75, 3.05) is 11.9 Å². The summed E-state index contributed by atoms with van der Waals surface area (Å²) in [5, 5.41) is 10.6. The van der Waals surface area contributed by atoms with Crippen LogP contribution in [0.25, 0.3) is 0 Å². The van der Waals surface area contributed by atoms with Crippen LogP contribution in [-0.4, -0.2) is 27.1 Å². The minimum absolute atomic E-state index is 0.162. The highest BCUT2D eigenvalue weighted by molar-refractivity contribution is 7.09. The van der Waals surface area contributed by atoms with Crippen molar-refractivity contribution in [3.8, 4) is 0 Å². The van der Waals surface area contributed by atoms with Gasteiger partial charge in [-0.15, -0.1) is 0 Å². The number of nitrogens with zero attached hydrogens (tertiary/aromatic N) is 3. The summed E-state index contributed by atoms with van der Waals surface area (Å²) in [4.78, 5) is 10.5. The Balaban J connectivity index is 2.19. The predicted molar refractivity (Wildman–Crippen MR) is 41.5 cm³/mol. The number of anilines is 1. The molecule has 0 unspecified atom stereocenters. The number of carbonyl (C=O) groups is 1. The van der Waals surface area contributed by atoms with Crippen LogP contribution in [0.5, 0.6) is 0 Å². The molecule has 0 saturated heterocycles. The fourth-order valence-corrected chi connectivity index (χ4v) is 0.937. The summed E-state index contributed by atoms with van der Waals surface area (Å²) >= 11 is 1.18. The van der Waals surface area contributed by atoms with Crippen molar-refractivity contribution in [3.05, 3.63) is 0 Å². The third kappa shape index (κ3) is 3.03. The third-order valence-corrected chi connectivity index (χ3v) is 1.61. The molecule has 1 rings (SSSR count). The Morgan fingerprint density at radius 1 is 1.73 bits per heavy atom. The number of rotatable bonds is 4. The Morgan fingerprint density at radius 2 is 2.55 bits per heavy atom. The molecular formula is C5H8N4OS. The maximum absolute atomic E-state index is 10.5. The second kappa shape index (κ2) is 3.97. The molecule has 6 heteroatoms. The van der Waals surface area contributed by atoms with E-state index >= 15 is 0 Å². The first-order valence-electron chi connectivity index (χ1n) is 3.17. The fourth-order valence-electron chi connectivity index (χ4n) is 0.547.